The van der Waals surface area contributed by atoms with E-state index in [-0.39, 0.29) is 28.9 Å². The number of hydrogen-bond donors (Lipinski definition) is 1. The molecular weight excluding hydrogens is 529 g/mol. The minimum atomic E-state index is -3.41. The van der Waals surface area contributed by atoms with Gasteiger partial charge < -0.3 is 14.5 Å². The van der Waals surface area contributed by atoms with Gasteiger partial charge in [-0.15, -0.1) is 0 Å². The van der Waals surface area contributed by atoms with Gasteiger partial charge in [-0.3, -0.25) is 14.2 Å². The molecule has 8 heteroatoms. The SMILES string of the molecule is C=C(O)[C@@H]1CC(C2CCCCC2)CN1C(=O)CP(=O)(CCCCc1ccccc1)OC(SC(=O)CC)C(C)C. The number of thioether (sulfide) groups is 1. The van der Waals surface area contributed by atoms with Crippen LogP contribution in [0.1, 0.15) is 84.1 Å². The molecule has 6 nitrogen and oxygen atoms in total. The van der Waals surface area contributed by atoms with Gasteiger partial charge >= 0.3 is 0 Å². The van der Waals surface area contributed by atoms with Gasteiger partial charge in [0.15, 0.2) is 5.12 Å². The zero-order valence-electron chi connectivity index (χ0n) is 24.1. The second kappa shape index (κ2) is 15.4. The number of hydrogen-bond acceptors (Lipinski definition) is 6. The molecule has 0 bridgehead atoms. The van der Waals surface area contributed by atoms with E-state index in [4.69, 9.17) is 4.52 Å². The van der Waals surface area contributed by atoms with Crippen LogP contribution in [0.5, 0.6) is 0 Å². The van der Waals surface area contributed by atoms with Crippen molar-refractivity contribution in [2.45, 2.75) is 96.5 Å². The number of benzene rings is 1. The van der Waals surface area contributed by atoms with Crippen molar-refractivity contribution in [3.05, 3.63) is 48.2 Å². The highest BCUT2D eigenvalue weighted by Gasteiger charge is 2.43. The van der Waals surface area contributed by atoms with Crippen molar-refractivity contribution in [2.75, 3.05) is 18.9 Å². The van der Waals surface area contributed by atoms with Gasteiger partial charge in [0.25, 0.3) is 0 Å². The Balaban J connectivity index is 1.73. The molecule has 1 saturated carbocycles. The summed E-state index contributed by atoms with van der Waals surface area (Å²) in [4.78, 5) is 27.7. The quantitative estimate of drug-likeness (QED) is 0.105. The van der Waals surface area contributed by atoms with Crippen LogP contribution in [0.3, 0.4) is 0 Å². The van der Waals surface area contributed by atoms with E-state index in [0.29, 0.717) is 43.8 Å². The molecule has 3 rings (SSSR count). The van der Waals surface area contributed by atoms with E-state index in [1.807, 2.05) is 32.0 Å². The molecule has 0 radical (unpaired) electrons. The van der Waals surface area contributed by atoms with Gasteiger partial charge in [-0.2, -0.15) is 0 Å². The summed E-state index contributed by atoms with van der Waals surface area (Å²) >= 11 is 1.09. The number of aliphatic hydroxyl groups is 1. The van der Waals surface area contributed by atoms with Gasteiger partial charge in [-0.05, 0) is 49.0 Å². The van der Waals surface area contributed by atoms with E-state index in [1.54, 1.807) is 11.8 Å². The minimum absolute atomic E-state index is 0.00410. The number of aryl methyl sites for hydroxylation is 1. The first-order chi connectivity index (χ1) is 18.6. The largest absolute Gasteiger partial charge is 0.511 e. The fourth-order valence-corrected chi connectivity index (χ4v) is 9.48. The topological polar surface area (TPSA) is 83.9 Å². The van der Waals surface area contributed by atoms with Crippen molar-refractivity contribution in [2.24, 2.45) is 17.8 Å². The summed E-state index contributed by atoms with van der Waals surface area (Å²) in [5, 5.41) is 10.4. The number of aliphatic hydroxyl groups excluding tert-OH is 1. The second-order valence-corrected chi connectivity index (χ2v) is 15.4. The zero-order valence-corrected chi connectivity index (χ0v) is 25.8. The Kier molecular flexibility index (Phi) is 12.7. The molecule has 0 spiro atoms. The summed E-state index contributed by atoms with van der Waals surface area (Å²) in [6.07, 6.45) is 9.57. The summed E-state index contributed by atoms with van der Waals surface area (Å²) in [5.41, 5.74) is 0.658. The van der Waals surface area contributed by atoms with Gasteiger partial charge in [-0.25, -0.2) is 0 Å². The Morgan fingerprint density at radius 1 is 1.13 bits per heavy atom. The lowest BCUT2D eigenvalue weighted by Crippen LogP contribution is -2.39. The molecule has 1 aliphatic heterocycles. The molecule has 3 unspecified atom stereocenters. The third-order valence-corrected chi connectivity index (χ3v) is 12.1. The lowest BCUT2D eigenvalue weighted by atomic mass is 9.79. The van der Waals surface area contributed by atoms with Gasteiger partial charge in [0.1, 0.15) is 17.4 Å². The Morgan fingerprint density at radius 3 is 2.44 bits per heavy atom. The molecular formula is C31H48NO5PS. The average molecular weight is 578 g/mol. The van der Waals surface area contributed by atoms with E-state index in [2.05, 4.69) is 18.7 Å². The monoisotopic (exact) mass is 577 g/mol. The molecule has 39 heavy (non-hydrogen) atoms. The van der Waals surface area contributed by atoms with E-state index >= 15 is 0 Å². The molecule has 0 aromatic heterocycles. The van der Waals surface area contributed by atoms with Crippen molar-refractivity contribution in [1.29, 1.82) is 0 Å². The summed E-state index contributed by atoms with van der Waals surface area (Å²) in [5.74, 6) is 0.612. The highest BCUT2D eigenvalue weighted by molar-refractivity contribution is 8.14. The van der Waals surface area contributed by atoms with Crippen LogP contribution in [0, 0.1) is 17.8 Å². The maximum absolute atomic E-state index is 14.4. The second-order valence-electron chi connectivity index (χ2n) is 11.6. The number of rotatable bonds is 14. The molecule has 1 aliphatic carbocycles. The van der Waals surface area contributed by atoms with Gasteiger partial charge in [0, 0.05) is 19.1 Å². The average Bonchev–Trinajstić information content (AvgIpc) is 3.38. The molecule has 1 N–H and O–H groups in total. The van der Waals surface area contributed by atoms with E-state index in [9.17, 15) is 19.3 Å². The fourth-order valence-electron chi connectivity index (χ4n) is 5.88. The fraction of sp³-hybridized carbons (Fsp3) is 0.677. The standard InChI is InChI=1S/C31H48NO5PS/c1-5-30(35)39-31(23(2)3)37-38(36,19-13-12-16-25-14-8-6-9-15-25)22-29(34)32-21-27(20-28(32)24(4)33)26-17-10-7-11-18-26/h6,8-9,14-15,23,26-28,31,33H,4-5,7,10-13,16-22H2,1-3H3/t27?,28-,31?,38?/m0/s1. The van der Waals surface area contributed by atoms with Crippen LogP contribution in [-0.2, 0) is 25.1 Å². The molecule has 1 saturated heterocycles. The zero-order chi connectivity index (χ0) is 28.4. The van der Waals surface area contributed by atoms with Crippen LogP contribution >= 0.6 is 19.1 Å². The number of unbranched alkanes of at least 4 members (excludes halogenated alkanes) is 1. The first-order valence-corrected chi connectivity index (χ1v) is 17.7. The highest BCUT2D eigenvalue weighted by atomic mass is 32.2. The van der Waals surface area contributed by atoms with E-state index in [0.717, 1.165) is 24.6 Å². The summed E-state index contributed by atoms with van der Waals surface area (Å²) in [6, 6.07) is 9.74. The molecule has 4 atom stereocenters. The molecule has 1 aromatic rings. The number of likely N-dealkylation sites (tertiary alicyclic amines) is 1. The smallest absolute Gasteiger partial charge is 0.232 e. The molecule has 1 aromatic carbocycles. The minimum Gasteiger partial charge on any atom is -0.511 e. The Hall–Kier alpha value is -1.56. The molecule has 1 heterocycles. The summed E-state index contributed by atoms with van der Waals surface area (Å²) < 4.78 is 20.6. The lowest BCUT2D eigenvalue weighted by Gasteiger charge is -2.30. The van der Waals surface area contributed by atoms with Crippen LogP contribution in [0.25, 0.3) is 0 Å². The molecule has 2 fully saturated rings. The van der Waals surface area contributed by atoms with Crippen LogP contribution in [-0.4, -0.2) is 51.4 Å². The summed E-state index contributed by atoms with van der Waals surface area (Å²) in [7, 11) is -3.41. The van der Waals surface area contributed by atoms with Gasteiger partial charge in [0.2, 0.25) is 13.3 Å². The van der Waals surface area contributed by atoms with Crippen LogP contribution in [0.4, 0.5) is 0 Å². The molecule has 218 valence electrons. The molecule has 1 amide bonds. The third-order valence-electron chi connectivity index (χ3n) is 8.16. The predicted molar refractivity (Wildman–Crippen MR) is 161 cm³/mol. The van der Waals surface area contributed by atoms with E-state index < -0.39 is 18.8 Å². The van der Waals surface area contributed by atoms with Crippen LogP contribution < -0.4 is 0 Å². The van der Waals surface area contributed by atoms with Crippen molar-refractivity contribution in [3.8, 4) is 0 Å². The lowest BCUT2D eigenvalue weighted by molar-refractivity contribution is -0.129. The van der Waals surface area contributed by atoms with Crippen LogP contribution in [0.15, 0.2) is 42.7 Å². The normalized spacial score (nSPS) is 22.5. The third kappa shape index (κ3) is 9.79. The van der Waals surface area contributed by atoms with Crippen molar-refractivity contribution < 1.29 is 23.8 Å². The Bertz CT molecular complexity index is 994. The van der Waals surface area contributed by atoms with Crippen molar-refractivity contribution in [3.63, 3.8) is 0 Å². The number of carbonyl (C=O) groups is 2. The van der Waals surface area contributed by atoms with Crippen molar-refractivity contribution in [1.82, 2.24) is 4.90 Å². The van der Waals surface area contributed by atoms with Gasteiger partial charge in [0.05, 0.1) is 6.04 Å². The number of nitrogens with zero attached hydrogens (tertiary/aromatic N) is 1. The maximum atomic E-state index is 14.4. The van der Waals surface area contributed by atoms with Gasteiger partial charge in [-0.1, -0.05) is 102 Å². The van der Waals surface area contributed by atoms with E-state index in [1.165, 1.54) is 37.7 Å². The first-order valence-electron chi connectivity index (χ1n) is 14.8. The maximum Gasteiger partial charge on any atom is 0.232 e. The number of carbonyl (C=O) groups excluding carboxylic acids is 2. The highest BCUT2D eigenvalue weighted by Crippen LogP contribution is 2.52. The predicted octanol–water partition coefficient (Wildman–Crippen LogP) is 7.83. The molecule has 2 aliphatic rings. The first kappa shape index (κ1) is 32.0. The Morgan fingerprint density at radius 2 is 1.82 bits per heavy atom. The van der Waals surface area contributed by atoms with Crippen molar-refractivity contribution >= 4 is 30.2 Å². The Labute approximate surface area is 239 Å². The summed E-state index contributed by atoms with van der Waals surface area (Å²) in [6.45, 7) is 10.0. The number of amides is 1. The van der Waals surface area contributed by atoms with Crippen LogP contribution in [0.2, 0.25) is 0 Å².